The predicted octanol–water partition coefficient (Wildman–Crippen LogP) is 2.98. The van der Waals surface area contributed by atoms with Crippen LogP contribution < -0.4 is 9.64 Å². The van der Waals surface area contributed by atoms with Crippen molar-refractivity contribution in [2.75, 3.05) is 25.6 Å². The number of aliphatic hydroxyl groups is 1. The van der Waals surface area contributed by atoms with Gasteiger partial charge >= 0.3 is 0 Å². The molecule has 1 aliphatic rings. The van der Waals surface area contributed by atoms with Crippen LogP contribution in [0.2, 0.25) is 0 Å². The smallest absolute Gasteiger partial charge is 0.126 e. The molecule has 0 spiro atoms. The van der Waals surface area contributed by atoms with E-state index < -0.39 is 6.10 Å². The number of methoxy groups -OCH3 is 1. The van der Waals surface area contributed by atoms with Crippen LogP contribution in [0.15, 0.2) is 18.2 Å². The molecule has 1 aromatic rings. The first kappa shape index (κ1) is 13.2. The van der Waals surface area contributed by atoms with E-state index in [1.807, 2.05) is 12.1 Å². The van der Waals surface area contributed by atoms with Crippen molar-refractivity contribution in [3.05, 3.63) is 23.8 Å². The molecule has 3 heteroatoms. The first-order valence-corrected chi connectivity index (χ1v) is 6.69. The topological polar surface area (TPSA) is 32.7 Å². The third kappa shape index (κ3) is 2.61. The van der Waals surface area contributed by atoms with E-state index >= 15 is 0 Å². The van der Waals surface area contributed by atoms with E-state index in [0.29, 0.717) is 0 Å². The molecule has 0 saturated heterocycles. The average Bonchev–Trinajstić information content (AvgIpc) is 2.32. The molecule has 0 aromatic heterocycles. The lowest BCUT2D eigenvalue weighted by Crippen LogP contribution is -2.30. The third-order valence-electron chi connectivity index (χ3n) is 3.85. The van der Waals surface area contributed by atoms with Crippen molar-refractivity contribution in [1.29, 1.82) is 0 Å². The Balaban J connectivity index is 2.24. The Hall–Kier alpha value is -1.22. The Kier molecular flexibility index (Phi) is 4.12. The van der Waals surface area contributed by atoms with Crippen molar-refractivity contribution < 1.29 is 9.84 Å². The molecule has 1 aromatic carbocycles. The first-order valence-electron chi connectivity index (χ1n) is 6.69. The summed E-state index contributed by atoms with van der Waals surface area (Å²) in [6.07, 6.45) is 3.51. The van der Waals surface area contributed by atoms with Gasteiger partial charge in [-0.2, -0.15) is 0 Å². The highest BCUT2D eigenvalue weighted by Gasteiger charge is 2.22. The van der Waals surface area contributed by atoms with Crippen molar-refractivity contribution in [1.82, 2.24) is 0 Å². The number of aliphatic hydroxyl groups excluding tert-OH is 1. The first-order chi connectivity index (χ1) is 8.63. The lowest BCUT2D eigenvalue weighted by molar-refractivity contribution is 0.194. The lowest BCUT2D eigenvalue weighted by Gasteiger charge is -2.33. The molecule has 1 aliphatic carbocycles. The summed E-state index contributed by atoms with van der Waals surface area (Å²) in [5, 5.41) is 9.96. The Labute approximate surface area is 109 Å². The summed E-state index contributed by atoms with van der Waals surface area (Å²) in [4.78, 5) is 2.24. The van der Waals surface area contributed by atoms with Crippen LogP contribution in [-0.2, 0) is 0 Å². The summed E-state index contributed by atoms with van der Waals surface area (Å²) in [7, 11) is 3.75. The molecule has 0 radical (unpaired) electrons. The minimum atomic E-state index is -0.514. The van der Waals surface area contributed by atoms with E-state index in [1.165, 1.54) is 19.3 Å². The number of hydrogen-bond acceptors (Lipinski definition) is 3. The van der Waals surface area contributed by atoms with Gasteiger partial charge in [0, 0.05) is 24.8 Å². The van der Waals surface area contributed by atoms with E-state index in [1.54, 1.807) is 14.0 Å². The van der Waals surface area contributed by atoms with Gasteiger partial charge in [0.05, 0.1) is 13.2 Å². The summed E-state index contributed by atoms with van der Waals surface area (Å²) in [6.45, 7) is 2.85. The van der Waals surface area contributed by atoms with Crippen LogP contribution in [0.1, 0.15) is 37.9 Å². The fraction of sp³-hybridized carbons (Fsp3) is 0.600. The molecule has 1 N–H and O–H groups in total. The maximum atomic E-state index is 9.96. The SMILES string of the molecule is COc1cccc(N(C)CC2CCC2)c1[C@H](C)O. The van der Waals surface area contributed by atoms with Gasteiger partial charge in [-0.25, -0.2) is 0 Å². The zero-order valence-corrected chi connectivity index (χ0v) is 11.5. The minimum absolute atomic E-state index is 0.514. The fourth-order valence-corrected chi connectivity index (χ4v) is 2.62. The van der Waals surface area contributed by atoms with Crippen LogP contribution in [0.3, 0.4) is 0 Å². The minimum Gasteiger partial charge on any atom is -0.496 e. The number of benzene rings is 1. The Bertz CT molecular complexity index is 399. The summed E-state index contributed by atoms with van der Waals surface area (Å²) in [6, 6.07) is 5.95. The Morgan fingerprint density at radius 2 is 2.17 bits per heavy atom. The molecule has 1 fully saturated rings. The number of hydrogen-bond donors (Lipinski definition) is 1. The average molecular weight is 249 g/mol. The van der Waals surface area contributed by atoms with E-state index in [2.05, 4.69) is 18.0 Å². The summed E-state index contributed by atoms with van der Waals surface area (Å²) < 4.78 is 5.36. The monoisotopic (exact) mass is 249 g/mol. The molecule has 1 saturated carbocycles. The maximum absolute atomic E-state index is 9.96. The van der Waals surface area contributed by atoms with E-state index in [9.17, 15) is 5.11 Å². The zero-order chi connectivity index (χ0) is 13.1. The quantitative estimate of drug-likeness (QED) is 0.870. The summed E-state index contributed by atoms with van der Waals surface area (Å²) >= 11 is 0. The Morgan fingerprint density at radius 3 is 2.67 bits per heavy atom. The zero-order valence-electron chi connectivity index (χ0n) is 11.5. The molecule has 0 heterocycles. The van der Waals surface area contributed by atoms with Gasteiger partial charge in [-0.3, -0.25) is 0 Å². The van der Waals surface area contributed by atoms with Gasteiger partial charge in [-0.05, 0) is 37.8 Å². The molecule has 0 aliphatic heterocycles. The maximum Gasteiger partial charge on any atom is 0.126 e. The third-order valence-corrected chi connectivity index (χ3v) is 3.85. The van der Waals surface area contributed by atoms with Gasteiger partial charge in [0.15, 0.2) is 0 Å². The van der Waals surface area contributed by atoms with Gasteiger partial charge in [0.1, 0.15) is 5.75 Å². The lowest BCUT2D eigenvalue weighted by atomic mass is 9.85. The van der Waals surface area contributed by atoms with Crippen LogP contribution in [0.25, 0.3) is 0 Å². The van der Waals surface area contributed by atoms with Crippen LogP contribution in [0.4, 0.5) is 5.69 Å². The largest absolute Gasteiger partial charge is 0.496 e. The second-order valence-corrected chi connectivity index (χ2v) is 5.25. The number of ether oxygens (including phenoxy) is 1. The van der Waals surface area contributed by atoms with Crippen molar-refractivity contribution in [2.24, 2.45) is 5.92 Å². The van der Waals surface area contributed by atoms with E-state index in [-0.39, 0.29) is 0 Å². The van der Waals surface area contributed by atoms with Gasteiger partial charge in [0.25, 0.3) is 0 Å². The highest BCUT2D eigenvalue weighted by atomic mass is 16.5. The number of anilines is 1. The van der Waals surface area contributed by atoms with Crippen LogP contribution in [-0.4, -0.2) is 25.8 Å². The normalized spacial score (nSPS) is 17.1. The Morgan fingerprint density at radius 1 is 1.44 bits per heavy atom. The number of nitrogens with zero attached hydrogens (tertiary/aromatic N) is 1. The van der Waals surface area contributed by atoms with Gasteiger partial charge in [-0.15, -0.1) is 0 Å². The molecule has 3 nitrogen and oxygen atoms in total. The van der Waals surface area contributed by atoms with Gasteiger partial charge in [0.2, 0.25) is 0 Å². The van der Waals surface area contributed by atoms with Crippen molar-refractivity contribution >= 4 is 5.69 Å². The molecule has 18 heavy (non-hydrogen) atoms. The van der Waals surface area contributed by atoms with Crippen molar-refractivity contribution in [3.8, 4) is 5.75 Å². The van der Waals surface area contributed by atoms with E-state index in [4.69, 9.17) is 4.74 Å². The molecule has 0 amide bonds. The molecule has 1 atom stereocenters. The highest BCUT2D eigenvalue weighted by Crippen LogP contribution is 2.36. The standard InChI is InChI=1S/C15H23NO2/c1-11(17)15-13(8-5-9-14(15)18-3)16(2)10-12-6-4-7-12/h5,8-9,11-12,17H,4,6-7,10H2,1-3H3/t11-/m0/s1. The second kappa shape index (κ2) is 5.61. The molecular formula is C15H23NO2. The molecule has 100 valence electrons. The van der Waals surface area contributed by atoms with Crippen molar-refractivity contribution in [3.63, 3.8) is 0 Å². The van der Waals surface area contributed by atoms with Crippen LogP contribution in [0.5, 0.6) is 5.75 Å². The van der Waals surface area contributed by atoms with Crippen LogP contribution >= 0.6 is 0 Å². The molecule has 0 bridgehead atoms. The molecular weight excluding hydrogens is 226 g/mol. The van der Waals surface area contributed by atoms with Crippen LogP contribution in [0, 0.1) is 5.92 Å². The van der Waals surface area contributed by atoms with Gasteiger partial charge in [-0.1, -0.05) is 12.5 Å². The summed E-state index contributed by atoms with van der Waals surface area (Å²) in [5.74, 6) is 1.58. The summed E-state index contributed by atoms with van der Waals surface area (Å²) in [5.41, 5.74) is 1.97. The van der Waals surface area contributed by atoms with Gasteiger partial charge < -0.3 is 14.7 Å². The molecule has 0 unspecified atom stereocenters. The van der Waals surface area contributed by atoms with Crippen molar-refractivity contribution in [2.45, 2.75) is 32.3 Å². The highest BCUT2D eigenvalue weighted by molar-refractivity contribution is 5.60. The van der Waals surface area contributed by atoms with E-state index in [0.717, 1.165) is 29.5 Å². The fourth-order valence-electron chi connectivity index (χ4n) is 2.62. The second-order valence-electron chi connectivity index (χ2n) is 5.25. The molecule has 2 rings (SSSR count). The predicted molar refractivity (Wildman–Crippen MR) is 74.2 cm³/mol. The number of rotatable bonds is 5.